The van der Waals surface area contributed by atoms with E-state index in [9.17, 15) is 14.7 Å². The molecule has 0 heterocycles. The Morgan fingerprint density at radius 2 is 1.73 bits per heavy atom. The summed E-state index contributed by atoms with van der Waals surface area (Å²) >= 11 is 0. The van der Waals surface area contributed by atoms with Gasteiger partial charge in [0.05, 0.1) is 6.10 Å². The van der Waals surface area contributed by atoms with Gasteiger partial charge < -0.3 is 10.2 Å². The van der Waals surface area contributed by atoms with Crippen molar-refractivity contribution in [3.8, 4) is 0 Å². The minimum Gasteiger partial charge on any atom is -0.481 e. The van der Waals surface area contributed by atoms with Gasteiger partial charge in [0.2, 0.25) is 0 Å². The van der Waals surface area contributed by atoms with Crippen LogP contribution in [0.25, 0.3) is 0 Å². The lowest BCUT2D eigenvalue weighted by Crippen LogP contribution is -2.60. The number of hydrogen-bond donors (Lipinski definition) is 2. The second kappa shape index (κ2) is 7.90. The van der Waals surface area contributed by atoms with Gasteiger partial charge in [0.15, 0.2) is 0 Å². The Hall–Kier alpha value is -0.900. The van der Waals surface area contributed by atoms with Gasteiger partial charge in [-0.1, -0.05) is 27.7 Å². The van der Waals surface area contributed by atoms with Crippen LogP contribution in [-0.2, 0) is 9.59 Å². The highest BCUT2D eigenvalue weighted by atomic mass is 16.4. The van der Waals surface area contributed by atoms with E-state index in [1.807, 2.05) is 0 Å². The molecule has 5 unspecified atom stereocenters. The van der Waals surface area contributed by atoms with Crippen molar-refractivity contribution in [2.24, 2.45) is 52.3 Å². The molecule has 4 rings (SSSR count). The van der Waals surface area contributed by atoms with Crippen molar-refractivity contribution in [2.45, 2.75) is 98.0 Å². The molecule has 170 valence electrons. The molecule has 30 heavy (non-hydrogen) atoms. The Morgan fingerprint density at radius 3 is 2.40 bits per heavy atom. The summed E-state index contributed by atoms with van der Waals surface area (Å²) in [5.41, 5.74) is 0.358. The number of carbonyl (C=O) groups is 2. The van der Waals surface area contributed by atoms with Gasteiger partial charge in [0, 0.05) is 18.3 Å². The Labute approximate surface area is 182 Å². The maximum Gasteiger partial charge on any atom is 0.303 e. The molecule has 0 aromatic rings. The first-order valence-corrected chi connectivity index (χ1v) is 12.6. The zero-order valence-electron chi connectivity index (χ0n) is 19.4. The average molecular weight is 419 g/mol. The number of rotatable bonds is 5. The fraction of sp³-hybridized carbons (Fsp3) is 0.923. The summed E-state index contributed by atoms with van der Waals surface area (Å²) in [5, 5.41) is 19.5. The van der Waals surface area contributed by atoms with Crippen LogP contribution in [0.3, 0.4) is 0 Å². The number of aliphatic hydroxyl groups excluding tert-OH is 1. The minimum absolute atomic E-state index is 0.108. The van der Waals surface area contributed by atoms with Gasteiger partial charge in [-0.3, -0.25) is 9.59 Å². The molecule has 0 radical (unpaired) electrons. The van der Waals surface area contributed by atoms with E-state index >= 15 is 0 Å². The Morgan fingerprint density at radius 1 is 1.07 bits per heavy atom. The minimum atomic E-state index is -0.697. The number of carbonyl (C=O) groups excluding carboxylic acids is 1. The lowest BCUT2D eigenvalue weighted by molar-refractivity contribution is -0.173. The number of carboxylic acids is 1. The van der Waals surface area contributed by atoms with E-state index in [4.69, 9.17) is 5.11 Å². The molecule has 0 aromatic heterocycles. The molecule has 4 aliphatic rings. The van der Waals surface area contributed by atoms with Crippen LogP contribution in [-0.4, -0.2) is 28.1 Å². The standard InChI is InChI=1S/C26H42O4/c1-5-17-21-14-16(27)10-12-26(21,4)20-11-13-25(3)18(15(2)6-9-22(28)29)7-8-19(25)23(20)24(17)30/h15-21,23,27H,5-14H2,1-4H3,(H,28,29)/t15-,16-,17+,18?,19?,20?,21?,23?,25-,26-/m1/s1. The zero-order valence-corrected chi connectivity index (χ0v) is 19.4. The van der Waals surface area contributed by atoms with Crippen LogP contribution in [0, 0.1) is 52.3 Å². The number of hydrogen-bond acceptors (Lipinski definition) is 3. The van der Waals surface area contributed by atoms with Crippen molar-refractivity contribution in [3.05, 3.63) is 0 Å². The third-order valence-corrected chi connectivity index (χ3v) is 10.7. The number of ketones is 1. The number of aliphatic hydroxyl groups is 1. The second-order valence-electron chi connectivity index (χ2n) is 11.8. The summed E-state index contributed by atoms with van der Waals surface area (Å²) < 4.78 is 0. The van der Waals surface area contributed by atoms with Crippen LogP contribution in [0.2, 0.25) is 0 Å². The average Bonchev–Trinajstić information content (AvgIpc) is 3.05. The molecule has 4 nitrogen and oxygen atoms in total. The van der Waals surface area contributed by atoms with E-state index in [0.717, 1.165) is 51.4 Å². The number of Topliss-reactive ketones (excluding diaryl/α,β-unsaturated/α-hetero) is 1. The molecule has 4 aliphatic carbocycles. The Bertz CT molecular complexity index is 689. The van der Waals surface area contributed by atoms with Gasteiger partial charge in [0.25, 0.3) is 0 Å². The molecule has 4 saturated carbocycles. The summed E-state index contributed by atoms with van der Waals surface area (Å²) in [6.07, 6.45) is 9.01. The molecule has 4 heteroatoms. The van der Waals surface area contributed by atoms with Crippen molar-refractivity contribution >= 4 is 11.8 Å². The molecule has 0 amide bonds. The predicted octanol–water partition coefficient (Wildman–Crippen LogP) is 5.32. The normalized spacial score (nSPS) is 49.1. The molecule has 0 saturated heterocycles. The van der Waals surface area contributed by atoms with Crippen LogP contribution in [0.5, 0.6) is 0 Å². The van der Waals surface area contributed by atoms with Gasteiger partial charge in [-0.2, -0.15) is 0 Å². The lowest BCUT2D eigenvalue weighted by Gasteiger charge is -2.62. The first-order valence-electron chi connectivity index (χ1n) is 12.6. The molecule has 10 atom stereocenters. The maximum absolute atomic E-state index is 13.9. The summed E-state index contributed by atoms with van der Waals surface area (Å²) in [5.74, 6) is 2.31. The maximum atomic E-state index is 13.9. The summed E-state index contributed by atoms with van der Waals surface area (Å²) in [6, 6.07) is 0. The summed E-state index contributed by atoms with van der Waals surface area (Å²) in [7, 11) is 0. The molecule has 4 fully saturated rings. The Kier molecular flexibility index (Phi) is 5.87. The highest BCUT2D eigenvalue weighted by Crippen LogP contribution is 2.68. The fourth-order valence-corrected chi connectivity index (χ4v) is 9.16. The van der Waals surface area contributed by atoms with Crippen molar-refractivity contribution in [1.82, 2.24) is 0 Å². The van der Waals surface area contributed by atoms with Crippen LogP contribution in [0.4, 0.5) is 0 Å². The van der Waals surface area contributed by atoms with Crippen LogP contribution >= 0.6 is 0 Å². The SMILES string of the molecule is CC[C@@H]1C(=O)C2C3CCC([C@H](C)CCC(=O)O)[C@@]3(C)CCC2[C@@]2(C)CC[C@@H](O)CC12. The molecular formula is C26H42O4. The molecule has 0 aliphatic heterocycles. The van der Waals surface area contributed by atoms with E-state index in [1.54, 1.807) is 0 Å². The monoisotopic (exact) mass is 418 g/mol. The van der Waals surface area contributed by atoms with Crippen molar-refractivity contribution in [2.75, 3.05) is 0 Å². The van der Waals surface area contributed by atoms with Crippen LogP contribution < -0.4 is 0 Å². The van der Waals surface area contributed by atoms with Gasteiger partial charge in [0.1, 0.15) is 5.78 Å². The van der Waals surface area contributed by atoms with Crippen molar-refractivity contribution in [1.29, 1.82) is 0 Å². The van der Waals surface area contributed by atoms with E-state index in [1.165, 1.54) is 6.42 Å². The molecular weight excluding hydrogens is 376 g/mol. The highest BCUT2D eigenvalue weighted by molar-refractivity contribution is 5.86. The number of aliphatic carboxylic acids is 1. The van der Waals surface area contributed by atoms with E-state index in [0.29, 0.717) is 35.4 Å². The summed E-state index contributed by atoms with van der Waals surface area (Å²) in [6.45, 7) is 9.28. The van der Waals surface area contributed by atoms with Gasteiger partial charge >= 0.3 is 5.97 Å². The number of carboxylic acid groups (broad SMARTS) is 1. The van der Waals surface area contributed by atoms with E-state index in [2.05, 4.69) is 27.7 Å². The van der Waals surface area contributed by atoms with Crippen LogP contribution in [0.1, 0.15) is 91.9 Å². The molecule has 2 N–H and O–H groups in total. The summed E-state index contributed by atoms with van der Waals surface area (Å²) in [4.78, 5) is 25.0. The van der Waals surface area contributed by atoms with Crippen LogP contribution in [0.15, 0.2) is 0 Å². The lowest BCUT2D eigenvalue weighted by atomic mass is 9.42. The molecule has 0 aromatic carbocycles. The van der Waals surface area contributed by atoms with E-state index < -0.39 is 5.97 Å². The van der Waals surface area contributed by atoms with Crippen molar-refractivity contribution in [3.63, 3.8) is 0 Å². The van der Waals surface area contributed by atoms with Gasteiger partial charge in [-0.15, -0.1) is 0 Å². The molecule has 0 bridgehead atoms. The van der Waals surface area contributed by atoms with Crippen molar-refractivity contribution < 1.29 is 19.8 Å². The highest BCUT2D eigenvalue weighted by Gasteiger charge is 2.65. The first-order chi connectivity index (χ1) is 14.1. The predicted molar refractivity (Wildman–Crippen MR) is 117 cm³/mol. The third-order valence-electron chi connectivity index (χ3n) is 10.7. The smallest absolute Gasteiger partial charge is 0.303 e. The Balaban J connectivity index is 1.62. The van der Waals surface area contributed by atoms with Gasteiger partial charge in [-0.05, 0) is 98.2 Å². The largest absolute Gasteiger partial charge is 0.481 e. The first kappa shape index (κ1) is 22.3. The fourth-order valence-electron chi connectivity index (χ4n) is 9.16. The quantitative estimate of drug-likeness (QED) is 0.633. The second-order valence-corrected chi connectivity index (χ2v) is 11.8. The number of fused-ring (bicyclic) bond motifs is 5. The van der Waals surface area contributed by atoms with Gasteiger partial charge in [-0.25, -0.2) is 0 Å². The molecule has 0 spiro atoms. The van der Waals surface area contributed by atoms with E-state index in [-0.39, 0.29) is 35.2 Å². The zero-order chi connectivity index (χ0) is 21.8. The topological polar surface area (TPSA) is 74.6 Å². The third kappa shape index (κ3) is 3.27.